The van der Waals surface area contributed by atoms with Gasteiger partial charge in [0.1, 0.15) is 24.5 Å². The number of nitrogens with zero attached hydrogens (tertiary/aromatic N) is 6. The molecule has 5 rings (SSSR count). The van der Waals surface area contributed by atoms with E-state index in [0.29, 0.717) is 19.1 Å². The standard InChI is InChI=1S/C23H32N8O/c1-4-29-14-25-28-22(29)18-8-5-9-20(26-18)31-13-17-16(23(31)32)11-21(27-19(17)12-24-3)30-10-6-7-15(30)2/h5,8-9,11,14-15,20,23-24,26,32H,4,6-7,10,12-13H2,1-3H3/t15-,20?,23?/m1/s1. The average molecular weight is 437 g/mol. The summed E-state index contributed by atoms with van der Waals surface area (Å²) in [6, 6.07) is 2.57. The summed E-state index contributed by atoms with van der Waals surface area (Å²) in [5, 5.41) is 26.5. The van der Waals surface area contributed by atoms with Gasteiger partial charge in [0.2, 0.25) is 0 Å². The Morgan fingerprint density at radius 3 is 2.97 bits per heavy atom. The molecule has 2 unspecified atom stereocenters. The molecule has 0 saturated carbocycles. The molecule has 9 heteroatoms. The predicted molar refractivity (Wildman–Crippen MR) is 123 cm³/mol. The highest BCUT2D eigenvalue weighted by Gasteiger charge is 2.37. The van der Waals surface area contributed by atoms with Gasteiger partial charge >= 0.3 is 0 Å². The number of anilines is 1. The number of nitrogens with one attached hydrogen (secondary N) is 2. The molecular weight excluding hydrogens is 404 g/mol. The van der Waals surface area contributed by atoms with E-state index in [0.717, 1.165) is 47.2 Å². The largest absolute Gasteiger partial charge is 0.374 e. The van der Waals surface area contributed by atoms with E-state index in [-0.39, 0.29) is 6.17 Å². The van der Waals surface area contributed by atoms with Crippen LogP contribution in [0.25, 0.3) is 5.70 Å². The van der Waals surface area contributed by atoms with Gasteiger partial charge in [-0.1, -0.05) is 6.08 Å². The van der Waals surface area contributed by atoms with Crippen LogP contribution in [-0.2, 0) is 19.6 Å². The van der Waals surface area contributed by atoms with Crippen molar-refractivity contribution >= 4 is 11.5 Å². The van der Waals surface area contributed by atoms with E-state index in [2.05, 4.69) is 56.6 Å². The fourth-order valence-electron chi connectivity index (χ4n) is 5.02. The number of hydrogen-bond acceptors (Lipinski definition) is 8. The minimum Gasteiger partial charge on any atom is -0.374 e. The number of aromatic nitrogens is 4. The average Bonchev–Trinajstić information content (AvgIpc) is 3.53. The molecule has 32 heavy (non-hydrogen) atoms. The van der Waals surface area contributed by atoms with Crippen LogP contribution in [0.15, 0.2) is 30.6 Å². The molecule has 9 nitrogen and oxygen atoms in total. The molecule has 0 radical (unpaired) electrons. The smallest absolute Gasteiger partial charge is 0.179 e. The number of aryl methyl sites for hydroxylation is 1. The highest BCUT2D eigenvalue weighted by Crippen LogP contribution is 2.38. The third-order valence-corrected chi connectivity index (χ3v) is 6.77. The molecular formula is C23H32N8O. The highest BCUT2D eigenvalue weighted by atomic mass is 16.3. The van der Waals surface area contributed by atoms with Gasteiger partial charge in [0.15, 0.2) is 5.82 Å². The van der Waals surface area contributed by atoms with Crippen LogP contribution in [0, 0.1) is 0 Å². The zero-order chi connectivity index (χ0) is 22.2. The first-order valence-corrected chi connectivity index (χ1v) is 11.5. The number of hydrogen-bond donors (Lipinski definition) is 3. The van der Waals surface area contributed by atoms with Crippen LogP contribution >= 0.6 is 0 Å². The molecule has 0 amide bonds. The van der Waals surface area contributed by atoms with Crippen LogP contribution in [0.4, 0.5) is 5.82 Å². The van der Waals surface area contributed by atoms with Gasteiger partial charge in [-0.2, -0.15) is 0 Å². The van der Waals surface area contributed by atoms with E-state index in [1.165, 1.54) is 12.8 Å². The number of allylic oxidation sites excluding steroid dienone is 2. The SMILES string of the molecule is CCn1cnnc1C1=CC=CC(N2Cc3c(cc(N4CCC[C@H]4C)nc3CNC)C2O)N1. The topological polar surface area (TPSA) is 94.4 Å². The van der Waals surface area contributed by atoms with Crippen LogP contribution in [0.1, 0.15) is 55.6 Å². The lowest BCUT2D eigenvalue weighted by atomic mass is 10.1. The normalized spacial score (nSPS) is 25.2. The van der Waals surface area contributed by atoms with Crippen LogP contribution in [0.2, 0.25) is 0 Å². The number of aliphatic hydroxyl groups excluding tert-OH is 1. The summed E-state index contributed by atoms with van der Waals surface area (Å²) < 4.78 is 2.00. The highest BCUT2D eigenvalue weighted by molar-refractivity contribution is 5.62. The Kier molecular flexibility index (Phi) is 5.71. The van der Waals surface area contributed by atoms with Gasteiger partial charge in [-0.15, -0.1) is 10.2 Å². The lowest BCUT2D eigenvalue weighted by Gasteiger charge is -2.32. The second-order valence-corrected chi connectivity index (χ2v) is 8.75. The lowest BCUT2D eigenvalue weighted by Crippen LogP contribution is -2.43. The molecule has 1 fully saturated rings. The van der Waals surface area contributed by atoms with Gasteiger partial charge in [0.05, 0.1) is 11.4 Å². The third kappa shape index (κ3) is 3.60. The second kappa shape index (κ2) is 8.65. The van der Waals surface area contributed by atoms with Crippen LogP contribution < -0.4 is 15.5 Å². The maximum atomic E-state index is 11.4. The first-order chi connectivity index (χ1) is 15.6. The lowest BCUT2D eigenvalue weighted by molar-refractivity contribution is -0.00918. The molecule has 3 aliphatic rings. The molecule has 0 aliphatic carbocycles. The van der Waals surface area contributed by atoms with Gasteiger partial charge in [0.25, 0.3) is 0 Å². The Balaban J connectivity index is 1.42. The molecule has 3 atom stereocenters. The summed E-state index contributed by atoms with van der Waals surface area (Å²) in [6.45, 7) is 7.44. The zero-order valence-electron chi connectivity index (χ0n) is 19.0. The van der Waals surface area contributed by atoms with Crippen molar-refractivity contribution in [2.24, 2.45) is 0 Å². The minimum absolute atomic E-state index is 0.156. The molecule has 5 heterocycles. The van der Waals surface area contributed by atoms with Gasteiger partial charge in [-0.3, -0.25) is 0 Å². The van der Waals surface area contributed by atoms with Crippen LogP contribution in [0.3, 0.4) is 0 Å². The number of fused-ring (bicyclic) bond motifs is 1. The number of aliphatic hydroxyl groups is 1. The molecule has 2 aromatic heterocycles. The maximum Gasteiger partial charge on any atom is 0.179 e. The van der Waals surface area contributed by atoms with Gasteiger partial charge in [-0.25, -0.2) is 9.88 Å². The van der Waals surface area contributed by atoms with Crippen molar-refractivity contribution in [2.45, 2.75) is 64.8 Å². The van der Waals surface area contributed by atoms with Crippen molar-refractivity contribution in [3.05, 3.63) is 53.3 Å². The van der Waals surface area contributed by atoms with E-state index in [4.69, 9.17) is 4.98 Å². The molecule has 3 N–H and O–H groups in total. The Labute approximate surface area is 188 Å². The molecule has 1 saturated heterocycles. The Morgan fingerprint density at radius 2 is 2.22 bits per heavy atom. The van der Waals surface area contributed by atoms with Gasteiger partial charge < -0.3 is 25.2 Å². The van der Waals surface area contributed by atoms with E-state index in [1.807, 2.05) is 23.8 Å². The summed E-state index contributed by atoms with van der Waals surface area (Å²) in [5.74, 6) is 1.78. The summed E-state index contributed by atoms with van der Waals surface area (Å²) >= 11 is 0. The third-order valence-electron chi connectivity index (χ3n) is 6.77. The summed E-state index contributed by atoms with van der Waals surface area (Å²) in [5.41, 5.74) is 4.00. The summed E-state index contributed by atoms with van der Waals surface area (Å²) in [4.78, 5) is 9.45. The van der Waals surface area contributed by atoms with Crippen molar-refractivity contribution < 1.29 is 5.11 Å². The van der Waals surface area contributed by atoms with E-state index >= 15 is 0 Å². The fraction of sp³-hybridized carbons (Fsp3) is 0.522. The monoisotopic (exact) mass is 436 g/mol. The molecule has 3 aliphatic heterocycles. The van der Waals surface area contributed by atoms with Crippen molar-refractivity contribution in [2.75, 3.05) is 18.5 Å². The van der Waals surface area contributed by atoms with Crippen LogP contribution in [0.5, 0.6) is 0 Å². The predicted octanol–water partition coefficient (Wildman–Crippen LogP) is 1.73. The first kappa shape index (κ1) is 21.1. The van der Waals surface area contributed by atoms with Gasteiger partial charge in [-0.05, 0) is 57.5 Å². The van der Waals surface area contributed by atoms with Crippen LogP contribution in [-0.4, -0.2) is 55.6 Å². The van der Waals surface area contributed by atoms with Crippen molar-refractivity contribution in [1.29, 1.82) is 0 Å². The summed E-state index contributed by atoms with van der Waals surface area (Å²) in [6.07, 6.45) is 9.34. The Morgan fingerprint density at radius 1 is 1.34 bits per heavy atom. The van der Waals surface area contributed by atoms with Crippen molar-refractivity contribution in [3.63, 3.8) is 0 Å². The number of pyridine rings is 1. The number of dihydropyridines is 1. The Bertz CT molecular complexity index is 1040. The second-order valence-electron chi connectivity index (χ2n) is 8.75. The van der Waals surface area contributed by atoms with E-state index in [9.17, 15) is 5.11 Å². The fourth-order valence-corrected chi connectivity index (χ4v) is 5.02. The quantitative estimate of drug-likeness (QED) is 0.630. The molecule has 0 aromatic carbocycles. The molecule has 170 valence electrons. The van der Waals surface area contributed by atoms with Crippen molar-refractivity contribution in [3.8, 4) is 0 Å². The van der Waals surface area contributed by atoms with Crippen molar-refractivity contribution in [1.82, 2.24) is 35.3 Å². The maximum absolute atomic E-state index is 11.4. The van der Waals surface area contributed by atoms with E-state index in [1.54, 1.807) is 6.33 Å². The Hall–Kier alpha value is -2.75. The molecule has 0 bridgehead atoms. The minimum atomic E-state index is -0.703. The zero-order valence-corrected chi connectivity index (χ0v) is 19.0. The number of rotatable bonds is 6. The molecule has 0 spiro atoms. The van der Waals surface area contributed by atoms with Gasteiger partial charge in [0, 0.05) is 37.8 Å². The van der Waals surface area contributed by atoms with E-state index < -0.39 is 6.23 Å². The molecule has 2 aromatic rings. The first-order valence-electron chi connectivity index (χ1n) is 11.5. The summed E-state index contributed by atoms with van der Waals surface area (Å²) in [7, 11) is 1.94.